The van der Waals surface area contributed by atoms with Crippen molar-refractivity contribution in [1.82, 2.24) is 14.5 Å². The van der Waals surface area contributed by atoms with Crippen molar-refractivity contribution in [2.45, 2.75) is 39.9 Å². The van der Waals surface area contributed by atoms with Crippen molar-refractivity contribution in [3.8, 4) is 0 Å². The molecule has 1 aliphatic heterocycles. The van der Waals surface area contributed by atoms with Gasteiger partial charge >= 0.3 is 0 Å². The van der Waals surface area contributed by atoms with E-state index in [0.717, 1.165) is 32.0 Å². The van der Waals surface area contributed by atoms with Gasteiger partial charge in [0.05, 0.1) is 6.54 Å². The van der Waals surface area contributed by atoms with Crippen LogP contribution in [0.4, 0.5) is 0 Å². The molecule has 0 aromatic carbocycles. The summed E-state index contributed by atoms with van der Waals surface area (Å²) in [6, 6.07) is 0.217. The number of fused-ring (bicyclic) bond motifs is 1. The first-order valence-corrected chi connectivity index (χ1v) is 5.95. The minimum atomic E-state index is 0.173. The normalized spacial score (nSPS) is 19.5. The summed E-state index contributed by atoms with van der Waals surface area (Å²) in [5.41, 5.74) is 6.38. The lowest BCUT2D eigenvalue weighted by Crippen LogP contribution is -2.47. The molecule has 0 aliphatic carbocycles. The standard InChI is InChI=1S/C12H22N4/c1-12(2,3)10(13)8-15-6-7-16-5-4-14-11(16)9-15/h4-5,10H,6-9,13H2,1-3H3. The number of rotatable bonds is 2. The average molecular weight is 222 g/mol. The van der Waals surface area contributed by atoms with Crippen LogP contribution < -0.4 is 5.73 Å². The lowest BCUT2D eigenvalue weighted by molar-refractivity contribution is 0.166. The molecule has 0 fully saturated rings. The highest BCUT2D eigenvalue weighted by atomic mass is 15.2. The summed E-state index contributed by atoms with van der Waals surface area (Å²) in [6.45, 7) is 10.6. The van der Waals surface area contributed by atoms with Crippen molar-refractivity contribution in [3.05, 3.63) is 18.2 Å². The molecule has 0 amide bonds. The number of hydrogen-bond donors (Lipinski definition) is 1. The van der Waals surface area contributed by atoms with Crippen LogP contribution in [0.1, 0.15) is 26.6 Å². The van der Waals surface area contributed by atoms with Gasteiger partial charge in [0.2, 0.25) is 0 Å². The highest BCUT2D eigenvalue weighted by Crippen LogP contribution is 2.19. The number of imidazole rings is 1. The predicted molar refractivity (Wildman–Crippen MR) is 64.9 cm³/mol. The maximum Gasteiger partial charge on any atom is 0.122 e. The van der Waals surface area contributed by atoms with Crippen LogP contribution in [0, 0.1) is 5.41 Å². The predicted octanol–water partition coefficient (Wildman–Crippen LogP) is 1.07. The number of nitrogens with zero attached hydrogens (tertiary/aromatic N) is 3. The minimum Gasteiger partial charge on any atom is -0.333 e. The average Bonchev–Trinajstić information content (AvgIpc) is 2.63. The van der Waals surface area contributed by atoms with Crippen LogP contribution in [0.15, 0.2) is 12.4 Å². The highest BCUT2D eigenvalue weighted by molar-refractivity contribution is 4.96. The Labute approximate surface area is 97.4 Å². The van der Waals surface area contributed by atoms with Crippen LogP contribution in [-0.4, -0.2) is 33.6 Å². The van der Waals surface area contributed by atoms with Crippen LogP contribution in [0.3, 0.4) is 0 Å². The molecule has 1 aromatic heterocycles. The summed E-state index contributed by atoms with van der Waals surface area (Å²) in [7, 11) is 0. The Morgan fingerprint density at radius 3 is 2.88 bits per heavy atom. The largest absolute Gasteiger partial charge is 0.333 e. The van der Waals surface area contributed by atoms with Crippen LogP contribution in [0.5, 0.6) is 0 Å². The van der Waals surface area contributed by atoms with E-state index in [2.05, 4.69) is 41.4 Å². The molecule has 0 radical (unpaired) electrons. The molecule has 1 atom stereocenters. The summed E-state index contributed by atoms with van der Waals surface area (Å²) in [5, 5.41) is 0. The Morgan fingerprint density at radius 2 is 2.19 bits per heavy atom. The zero-order valence-electron chi connectivity index (χ0n) is 10.5. The van der Waals surface area contributed by atoms with Crippen molar-refractivity contribution < 1.29 is 0 Å². The Bertz CT molecular complexity index is 350. The van der Waals surface area contributed by atoms with Crippen molar-refractivity contribution >= 4 is 0 Å². The summed E-state index contributed by atoms with van der Waals surface area (Å²) in [5.74, 6) is 1.16. The van der Waals surface area contributed by atoms with Gasteiger partial charge in [0.15, 0.2) is 0 Å². The molecule has 16 heavy (non-hydrogen) atoms. The third-order valence-corrected chi connectivity index (χ3v) is 3.39. The number of nitrogens with two attached hydrogens (primary N) is 1. The molecule has 90 valence electrons. The van der Waals surface area contributed by atoms with Gasteiger partial charge in [0, 0.05) is 38.1 Å². The zero-order valence-corrected chi connectivity index (χ0v) is 10.5. The summed E-state index contributed by atoms with van der Waals surface area (Å²) < 4.78 is 2.22. The van der Waals surface area contributed by atoms with E-state index in [0.29, 0.717) is 0 Å². The van der Waals surface area contributed by atoms with E-state index < -0.39 is 0 Å². The van der Waals surface area contributed by atoms with E-state index in [9.17, 15) is 0 Å². The molecule has 0 bridgehead atoms. The molecule has 0 spiro atoms. The third-order valence-electron chi connectivity index (χ3n) is 3.39. The number of hydrogen-bond acceptors (Lipinski definition) is 3. The molecular formula is C12H22N4. The van der Waals surface area contributed by atoms with Gasteiger partial charge in [-0.05, 0) is 5.41 Å². The van der Waals surface area contributed by atoms with Crippen molar-refractivity contribution in [3.63, 3.8) is 0 Å². The monoisotopic (exact) mass is 222 g/mol. The van der Waals surface area contributed by atoms with Gasteiger partial charge < -0.3 is 10.3 Å². The SMILES string of the molecule is CC(C)(C)C(N)CN1CCn2ccnc2C1. The quantitative estimate of drug-likeness (QED) is 0.814. The third kappa shape index (κ3) is 2.44. The molecule has 1 aromatic rings. The topological polar surface area (TPSA) is 47.1 Å². The van der Waals surface area contributed by atoms with E-state index in [1.807, 2.05) is 6.20 Å². The fourth-order valence-corrected chi connectivity index (χ4v) is 1.93. The molecular weight excluding hydrogens is 200 g/mol. The lowest BCUT2D eigenvalue weighted by atomic mass is 9.87. The second-order valence-electron chi connectivity index (χ2n) is 5.74. The van der Waals surface area contributed by atoms with Crippen LogP contribution in [-0.2, 0) is 13.1 Å². The Balaban J connectivity index is 1.95. The molecule has 1 unspecified atom stereocenters. The first kappa shape index (κ1) is 11.6. The Morgan fingerprint density at radius 1 is 1.44 bits per heavy atom. The molecule has 1 aliphatic rings. The van der Waals surface area contributed by atoms with Gasteiger partial charge in [0.25, 0.3) is 0 Å². The zero-order chi connectivity index (χ0) is 11.8. The van der Waals surface area contributed by atoms with E-state index in [-0.39, 0.29) is 11.5 Å². The van der Waals surface area contributed by atoms with Crippen molar-refractivity contribution in [2.75, 3.05) is 13.1 Å². The van der Waals surface area contributed by atoms with E-state index >= 15 is 0 Å². The van der Waals surface area contributed by atoms with Gasteiger partial charge in [0.1, 0.15) is 5.82 Å². The first-order valence-electron chi connectivity index (χ1n) is 5.95. The fourth-order valence-electron chi connectivity index (χ4n) is 1.93. The first-order chi connectivity index (χ1) is 7.47. The van der Waals surface area contributed by atoms with E-state index in [4.69, 9.17) is 5.73 Å². The van der Waals surface area contributed by atoms with Gasteiger partial charge in [-0.25, -0.2) is 4.98 Å². The smallest absolute Gasteiger partial charge is 0.122 e. The van der Waals surface area contributed by atoms with Crippen LogP contribution >= 0.6 is 0 Å². The molecule has 2 heterocycles. The molecule has 0 saturated carbocycles. The van der Waals surface area contributed by atoms with Crippen molar-refractivity contribution in [2.24, 2.45) is 11.1 Å². The van der Waals surface area contributed by atoms with Gasteiger partial charge in [-0.2, -0.15) is 0 Å². The molecule has 0 saturated heterocycles. The second kappa shape index (κ2) is 4.18. The molecule has 2 rings (SSSR count). The molecule has 2 N–H and O–H groups in total. The van der Waals surface area contributed by atoms with E-state index in [1.54, 1.807) is 0 Å². The molecule has 4 heteroatoms. The summed E-state index contributed by atoms with van der Waals surface area (Å²) in [4.78, 5) is 6.76. The molecule has 4 nitrogen and oxygen atoms in total. The summed E-state index contributed by atoms with van der Waals surface area (Å²) in [6.07, 6.45) is 3.93. The maximum absolute atomic E-state index is 6.21. The Kier molecular flexibility index (Phi) is 3.04. The number of aromatic nitrogens is 2. The Hall–Kier alpha value is -0.870. The van der Waals surface area contributed by atoms with Crippen molar-refractivity contribution in [1.29, 1.82) is 0 Å². The van der Waals surface area contributed by atoms with Gasteiger partial charge in [-0.15, -0.1) is 0 Å². The van der Waals surface area contributed by atoms with E-state index in [1.165, 1.54) is 0 Å². The summed E-state index contributed by atoms with van der Waals surface area (Å²) >= 11 is 0. The van der Waals surface area contributed by atoms with Crippen LogP contribution in [0.25, 0.3) is 0 Å². The fraction of sp³-hybridized carbons (Fsp3) is 0.750. The van der Waals surface area contributed by atoms with Crippen LogP contribution in [0.2, 0.25) is 0 Å². The highest BCUT2D eigenvalue weighted by Gasteiger charge is 2.25. The van der Waals surface area contributed by atoms with Gasteiger partial charge in [-0.1, -0.05) is 20.8 Å². The van der Waals surface area contributed by atoms with Gasteiger partial charge in [-0.3, -0.25) is 4.90 Å². The maximum atomic E-state index is 6.21. The second-order valence-corrected chi connectivity index (χ2v) is 5.74. The minimum absolute atomic E-state index is 0.173. The lowest BCUT2D eigenvalue weighted by Gasteiger charge is -2.34.